The summed E-state index contributed by atoms with van der Waals surface area (Å²) in [4.78, 5) is 1.37. The molecule has 0 aliphatic carbocycles. The van der Waals surface area contributed by atoms with Crippen molar-refractivity contribution in [2.45, 2.75) is 30.8 Å². The minimum absolute atomic E-state index is 0.0523. The maximum absolute atomic E-state index is 12.6. The molecule has 1 aromatic rings. The Hall–Kier alpha value is -1.19. The summed E-state index contributed by atoms with van der Waals surface area (Å²) in [5.74, 6) is 0. The Labute approximate surface area is 107 Å². The van der Waals surface area contributed by atoms with Gasteiger partial charge in [0.2, 0.25) is 0 Å². The van der Waals surface area contributed by atoms with E-state index in [9.17, 15) is 23.4 Å². The molecule has 1 aromatic heterocycles. The Bertz CT molecular complexity index is 421. The summed E-state index contributed by atoms with van der Waals surface area (Å²) in [6.45, 7) is 0.369. The largest absolute Gasteiger partial charge is 0.418 e. The summed E-state index contributed by atoms with van der Waals surface area (Å²) in [5, 5.41) is 26.6. The first-order chi connectivity index (χ1) is 8.71. The van der Waals surface area contributed by atoms with Gasteiger partial charge in [-0.25, -0.2) is 4.68 Å². The van der Waals surface area contributed by atoms with Crippen LogP contribution >= 0.6 is 0 Å². The van der Waals surface area contributed by atoms with Crippen LogP contribution in [0.25, 0.3) is 0 Å². The topological polar surface area (TPSA) is 74.4 Å². The molecule has 2 heterocycles. The second-order valence-corrected chi connectivity index (χ2v) is 4.98. The van der Waals surface area contributed by atoms with Gasteiger partial charge in [0.1, 0.15) is 0 Å². The maximum atomic E-state index is 12.6. The maximum Gasteiger partial charge on any atom is 0.418 e. The van der Waals surface area contributed by atoms with Crippen molar-refractivity contribution in [1.29, 1.82) is 0 Å². The van der Waals surface area contributed by atoms with E-state index in [1.807, 2.05) is 0 Å². The number of hydrogen-bond acceptors (Lipinski definition) is 5. The van der Waals surface area contributed by atoms with Gasteiger partial charge >= 0.3 is 6.18 Å². The number of aromatic nitrogens is 3. The Balaban J connectivity index is 2.02. The molecule has 1 aliphatic rings. The Morgan fingerprint density at radius 2 is 2.05 bits per heavy atom. The van der Waals surface area contributed by atoms with Gasteiger partial charge in [0.25, 0.3) is 0 Å². The Morgan fingerprint density at radius 1 is 1.37 bits per heavy atom. The average molecular weight is 280 g/mol. The molecular weight excluding hydrogens is 265 g/mol. The van der Waals surface area contributed by atoms with Gasteiger partial charge < -0.3 is 10.2 Å². The van der Waals surface area contributed by atoms with Crippen molar-refractivity contribution < 1.29 is 23.4 Å². The smallest absolute Gasteiger partial charge is 0.390 e. The third-order valence-electron chi connectivity index (χ3n) is 3.26. The normalized spacial score (nSPS) is 28.5. The van der Waals surface area contributed by atoms with Crippen LogP contribution in [-0.2, 0) is 0 Å². The van der Waals surface area contributed by atoms with Crippen LogP contribution in [0.5, 0.6) is 0 Å². The van der Waals surface area contributed by atoms with E-state index in [-0.39, 0.29) is 13.1 Å². The Kier molecular flexibility index (Phi) is 3.54. The van der Waals surface area contributed by atoms with Gasteiger partial charge in [-0.05, 0) is 6.92 Å². The highest BCUT2D eigenvalue weighted by Crippen LogP contribution is 2.32. The minimum atomic E-state index is -4.71. The van der Waals surface area contributed by atoms with Gasteiger partial charge in [-0.15, -0.1) is 5.10 Å². The summed E-state index contributed by atoms with van der Waals surface area (Å²) < 4.78 is 39.2. The summed E-state index contributed by atoms with van der Waals surface area (Å²) >= 11 is 0. The van der Waals surface area contributed by atoms with E-state index in [1.54, 1.807) is 6.20 Å². The molecule has 1 aliphatic heterocycles. The lowest BCUT2D eigenvalue weighted by Gasteiger charge is -2.30. The van der Waals surface area contributed by atoms with Crippen LogP contribution in [0.4, 0.5) is 13.2 Å². The molecule has 3 atom stereocenters. The van der Waals surface area contributed by atoms with Crippen molar-refractivity contribution in [2.24, 2.45) is 0 Å². The molecule has 19 heavy (non-hydrogen) atoms. The number of aliphatic hydroxyl groups excluding tert-OH is 1. The number of rotatable bonds is 3. The zero-order valence-electron chi connectivity index (χ0n) is 10.2. The lowest BCUT2D eigenvalue weighted by Crippen LogP contribution is -2.51. The average Bonchev–Trinajstić information content (AvgIpc) is 2.84. The van der Waals surface area contributed by atoms with Crippen molar-refractivity contribution in [2.75, 3.05) is 19.6 Å². The molecule has 0 amide bonds. The van der Waals surface area contributed by atoms with E-state index >= 15 is 0 Å². The van der Waals surface area contributed by atoms with Gasteiger partial charge in [0, 0.05) is 25.8 Å². The predicted molar refractivity (Wildman–Crippen MR) is 58.2 cm³/mol. The fourth-order valence-corrected chi connectivity index (χ4v) is 2.16. The quantitative estimate of drug-likeness (QED) is 0.802. The molecule has 0 aromatic carbocycles. The van der Waals surface area contributed by atoms with E-state index in [1.165, 1.54) is 15.8 Å². The lowest BCUT2D eigenvalue weighted by molar-refractivity contribution is -0.257. The number of alkyl halides is 3. The highest BCUT2D eigenvalue weighted by Gasteiger charge is 2.51. The summed E-state index contributed by atoms with van der Waals surface area (Å²) in [6.07, 6.45) is -2.57. The van der Waals surface area contributed by atoms with Crippen LogP contribution in [-0.4, -0.2) is 67.6 Å². The zero-order chi connectivity index (χ0) is 14.3. The lowest BCUT2D eigenvalue weighted by atomic mass is 10.1. The molecule has 1 unspecified atom stereocenters. The zero-order valence-corrected chi connectivity index (χ0v) is 10.2. The molecule has 6 nitrogen and oxygen atoms in total. The fourth-order valence-electron chi connectivity index (χ4n) is 2.16. The van der Waals surface area contributed by atoms with Crippen LogP contribution in [0, 0.1) is 0 Å². The molecule has 2 rings (SSSR count). The van der Waals surface area contributed by atoms with Gasteiger partial charge in [0.15, 0.2) is 5.60 Å². The van der Waals surface area contributed by atoms with E-state index in [2.05, 4.69) is 10.3 Å². The van der Waals surface area contributed by atoms with Crippen molar-refractivity contribution in [1.82, 2.24) is 19.9 Å². The minimum Gasteiger partial charge on any atom is -0.390 e. The number of β-amino-alcohol motifs (C(OH)–C–C–N with tert-alkyl or cyclic N) is 2. The number of nitrogens with zero attached hydrogens (tertiary/aromatic N) is 4. The van der Waals surface area contributed by atoms with Gasteiger partial charge in [-0.1, -0.05) is 5.21 Å². The van der Waals surface area contributed by atoms with Crippen molar-refractivity contribution in [3.63, 3.8) is 0 Å². The monoisotopic (exact) mass is 280 g/mol. The molecule has 0 bridgehead atoms. The molecule has 9 heteroatoms. The number of likely N-dealkylation sites (tertiary alicyclic amines) is 1. The standard InChI is InChI=1S/C10H15F3N4O2/c1-9(19,10(11,12)13)6-16-4-7(8(18)5-16)17-3-2-14-15-17/h2-3,7-8,18-19H,4-6H2,1H3/t7-,8-,9?/m1/s1. The number of hydrogen-bond donors (Lipinski definition) is 2. The van der Waals surface area contributed by atoms with E-state index < -0.39 is 30.5 Å². The molecule has 1 fully saturated rings. The van der Waals surface area contributed by atoms with Crippen LogP contribution in [0.15, 0.2) is 12.4 Å². The first-order valence-electron chi connectivity index (χ1n) is 5.76. The third-order valence-corrected chi connectivity index (χ3v) is 3.26. The van der Waals surface area contributed by atoms with Crippen molar-refractivity contribution in [3.8, 4) is 0 Å². The fraction of sp³-hybridized carbons (Fsp3) is 0.800. The predicted octanol–water partition coefficient (Wildman–Crippen LogP) is -0.191. The van der Waals surface area contributed by atoms with Crippen LogP contribution in [0.2, 0.25) is 0 Å². The SMILES string of the molecule is CC(O)(CN1C[C@@H](O)[C@H](n2ccnn2)C1)C(F)(F)F. The van der Waals surface area contributed by atoms with Crippen molar-refractivity contribution in [3.05, 3.63) is 12.4 Å². The van der Waals surface area contributed by atoms with E-state index in [4.69, 9.17) is 0 Å². The number of aliphatic hydroxyl groups is 2. The molecule has 2 N–H and O–H groups in total. The molecule has 1 saturated heterocycles. The third kappa shape index (κ3) is 2.88. The van der Waals surface area contributed by atoms with Crippen LogP contribution in [0.3, 0.4) is 0 Å². The molecule has 108 valence electrons. The summed E-state index contributed by atoms with van der Waals surface area (Å²) in [5.41, 5.74) is -2.80. The first kappa shape index (κ1) is 14.2. The molecular formula is C10H15F3N4O2. The molecule has 0 spiro atoms. The van der Waals surface area contributed by atoms with Crippen LogP contribution < -0.4 is 0 Å². The summed E-state index contributed by atoms with van der Waals surface area (Å²) in [7, 11) is 0. The van der Waals surface area contributed by atoms with E-state index in [0.717, 1.165) is 6.92 Å². The van der Waals surface area contributed by atoms with Crippen molar-refractivity contribution >= 4 is 0 Å². The van der Waals surface area contributed by atoms with Gasteiger partial charge in [0.05, 0.1) is 18.3 Å². The van der Waals surface area contributed by atoms with Gasteiger partial charge in [-0.2, -0.15) is 13.2 Å². The highest BCUT2D eigenvalue weighted by molar-refractivity contribution is 4.93. The second-order valence-electron chi connectivity index (χ2n) is 4.98. The Morgan fingerprint density at radius 3 is 2.58 bits per heavy atom. The van der Waals surface area contributed by atoms with Crippen LogP contribution in [0.1, 0.15) is 13.0 Å². The first-order valence-corrected chi connectivity index (χ1v) is 5.76. The summed E-state index contributed by atoms with van der Waals surface area (Å²) in [6, 6.07) is -0.452. The van der Waals surface area contributed by atoms with E-state index in [0.29, 0.717) is 0 Å². The second kappa shape index (κ2) is 4.73. The highest BCUT2D eigenvalue weighted by atomic mass is 19.4. The molecule has 0 saturated carbocycles. The number of halogens is 3. The van der Waals surface area contributed by atoms with Gasteiger partial charge in [-0.3, -0.25) is 4.90 Å². The molecule has 0 radical (unpaired) electrons.